The molecule has 0 aliphatic carbocycles. The molecule has 0 saturated carbocycles. The predicted molar refractivity (Wildman–Crippen MR) is 211 cm³/mol. The monoisotopic (exact) mass is 655 g/mol. The second kappa shape index (κ2) is 12.1. The zero-order chi connectivity index (χ0) is 33.7. The molecule has 0 bridgehead atoms. The molecule has 4 nitrogen and oxygen atoms in total. The number of amidine groups is 1. The minimum Gasteiger partial charge on any atom is -0.456 e. The Morgan fingerprint density at radius 2 is 1.12 bits per heavy atom. The molecule has 1 aliphatic rings. The number of furan rings is 1. The van der Waals surface area contributed by atoms with E-state index in [1.807, 2.05) is 6.07 Å². The van der Waals surface area contributed by atoms with Crippen LogP contribution in [0.25, 0.3) is 65.7 Å². The molecular formula is C47H33N3O. The van der Waals surface area contributed by atoms with Crippen molar-refractivity contribution in [1.29, 1.82) is 0 Å². The lowest BCUT2D eigenvalue weighted by Gasteiger charge is -2.33. The minimum absolute atomic E-state index is 0.121. The summed E-state index contributed by atoms with van der Waals surface area (Å²) in [5.41, 5.74) is 9.76. The van der Waals surface area contributed by atoms with E-state index in [9.17, 15) is 0 Å². The normalized spacial score (nSPS) is 16.0. The summed E-state index contributed by atoms with van der Waals surface area (Å²) in [6.45, 7) is 0. The van der Waals surface area contributed by atoms with Gasteiger partial charge in [0.05, 0.1) is 0 Å². The third kappa shape index (κ3) is 5.16. The molecular weight excluding hydrogens is 623 g/mol. The van der Waals surface area contributed by atoms with E-state index in [1.165, 1.54) is 26.9 Å². The number of nitrogens with one attached hydrogen (secondary N) is 2. The van der Waals surface area contributed by atoms with Gasteiger partial charge >= 0.3 is 0 Å². The second-order valence-electron chi connectivity index (χ2n) is 13.2. The van der Waals surface area contributed by atoms with Crippen molar-refractivity contribution >= 4 is 49.3 Å². The first-order chi connectivity index (χ1) is 25.3. The first kappa shape index (κ1) is 29.4. The lowest BCUT2D eigenvalue weighted by atomic mass is 9.91. The van der Waals surface area contributed by atoms with Crippen molar-refractivity contribution in [3.05, 3.63) is 193 Å². The van der Waals surface area contributed by atoms with E-state index in [2.05, 4.69) is 180 Å². The molecule has 4 heteroatoms. The molecule has 242 valence electrons. The summed E-state index contributed by atoms with van der Waals surface area (Å²) in [6, 6.07) is 62.2. The Morgan fingerprint density at radius 1 is 0.471 bits per heavy atom. The average Bonchev–Trinajstić information content (AvgIpc) is 3.59. The Balaban J connectivity index is 1.07. The molecule has 0 radical (unpaired) electrons. The molecule has 51 heavy (non-hydrogen) atoms. The lowest BCUT2D eigenvalue weighted by Crippen LogP contribution is -2.45. The highest BCUT2D eigenvalue weighted by Gasteiger charge is 2.28. The topological polar surface area (TPSA) is 49.6 Å². The standard InChI is InChI=1S/C47H33N3O/c1-3-13-34(14-4-1)45-48-46(35-15-5-2-6-16-35)50-47(49-45)44-38-18-10-8-11-31(38)23-26-39(44)33-21-19-30(20-22-33)36-24-27-40-42(29-36)51-41-28-25-32-12-7-9-17-37(32)43(40)41/h1-29,45,47,49H,(H,48,50). The highest BCUT2D eigenvalue weighted by Crippen LogP contribution is 2.40. The summed E-state index contributed by atoms with van der Waals surface area (Å²) in [4.78, 5) is 5.35. The van der Waals surface area contributed by atoms with E-state index in [-0.39, 0.29) is 12.3 Å². The molecule has 2 N–H and O–H groups in total. The quantitative estimate of drug-likeness (QED) is 0.194. The summed E-state index contributed by atoms with van der Waals surface area (Å²) in [6.07, 6.45) is -0.414. The van der Waals surface area contributed by atoms with E-state index in [1.54, 1.807) is 0 Å². The van der Waals surface area contributed by atoms with Crippen molar-refractivity contribution in [1.82, 2.24) is 10.6 Å². The minimum atomic E-state index is -0.293. The van der Waals surface area contributed by atoms with Gasteiger partial charge in [0.25, 0.3) is 0 Å². The molecule has 2 heterocycles. The molecule has 2 unspecified atom stereocenters. The van der Waals surface area contributed by atoms with Gasteiger partial charge in [-0.25, -0.2) is 4.99 Å². The zero-order valence-corrected chi connectivity index (χ0v) is 27.8. The molecule has 0 saturated heterocycles. The Labute approximate surface area is 295 Å². The van der Waals surface area contributed by atoms with Crippen LogP contribution < -0.4 is 10.6 Å². The number of nitrogens with zero attached hydrogens (tertiary/aromatic N) is 1. The summed E-state index contributed by atoms with van der Waals surface area (Å²) in [7, 11) is 0. The van der Waals surface area contributed by atoms with Crippen molar-refractivity contribution in [3.8, 4) is 22.3 Å². The second-order valence-corrected chi connectivity index (χ2v) is 13.2. The Bertz CT molecular complexity index is 2750. The van der Waals surface area contributed by atoms with Crippen LogP contribution in [0.4, 0.5) is 0 Å². The van der Waals surface area contributed by atoms with Gasteiger partial charge in [0.2, 0.25) is 0 Å². The zero-order valence-electron chi connectivity index (χ0n) is 27.8. The van der Waals surface area contributed by atoms with Crippen molar-refractivity contribution in [2.75, 3.05) is 0 Å². The number of hydrogen-bond donors (Lipinski definition) is 2. The molecule has 0 amide bonds. The average molecular weight is 656 g/mol. The third-order valence-corrected chi connectivity index (χ3v) is 10.2. The molecule has 8 aromatic carbocycles. The summed E-state index contributed by atoms with van der Waals surface area (Å²) in [5.74, 6) is 0.872. The van der Waals surface area contributed by atoms with Gasteiger partial charge in [0, 0.05) is 21.9 Å². The molecule has 0 spiro atoms. The number of fused-ring (bicyclic) bond motifs is 6. The molecule has 1 aromatic heterocycles. The van der Waals surface area contributed by atoms with Crippen molar-refractivity contribution in [3.63, 3.8) is 0 Å². The molecule has 10 rings (SSSR count). The van der Waals surface area contributed by atoms with Crippen LogP contribution in [0.1, 0.15) is 29.0 Å². The maximum Gasteiger partial charge on any atom is 0.136 e. The lowest BCUT2D eigenvalue weighted by molar-refractivity contribution is 0.411. The van der Waals surface area contributed by atoms with Gasteiger partial charge in [0.1, 0.15) is 29.3 Å². The van der Waals surface area contributed by atoms with Crippen LogP contribution in [-0.4, -0.2) is 5.84 Å². The first-order valence-corrected chi connectivity index (χ1v) is 17.4. The van der Waals surface area contributed by atoms with Gasteiger partial charge < -0.3 is 9.73 Å². The highest BCUT2D eigenvalue weighted by atomic mass is 16.3. The van der Waals surface area contributed by atoms with E-state index in [0.29, 0.717) is 0 Å². The fourth-order valence-corrected chi connectivity index (χ4v) is 7.68. The van der Waals surface area contributed by atoms with Crippen LogP contribution in [0, 0.1) is 0 Å². The Kier molecular flexibility index (Phi) is 7.00. The van der Waals surface area contributed by atoms with Crippen LogP contribution in [0.2, 0.25) is 0 Å². The van der Waals surface area contributed by atoms with Crippen LogP contribution in [0.5, 0.6) is 0 Å². The maximum atomic E-state index is 6.40. The SMILES string of the molecule is c1ccc(C2=NC(c3c(-c4ccc(-c5ccc6c(c5)oc5ccc7ccccc7c56)cc4)ccc4ccccc34)NC(c3ccccc3)N2)cc1. The van der Waals surface area contributed by atoms with E-state index in [4.69, 9.17) is 9.41 Å². The van der Waals surface area contributed by atoms with E-state index in [0.717, 1.165) is 61.3 Å². The van der Waals surface area contributed by atoms with Gasteiger partial charge in [-0.05, 0) is 67.6 Å². The highest BCUT2D eigenvalue weighted by molar-refractivity contribution is 6.19. The molecule has 9 aromatic rings. The number of benzene rings is 8. The van der Waals surface area contributed by atoms with Crippen molar-refractivity contribution < 1.29 is 4.42 Å². The van der Waals surface area contributed by atoms with Crippen molar-refractivity contribution in [2.24, 2.45) is 4.99 Å². The van der Waals surface area contributed by atoms with Crippen LogP contribution in [0.15, 0.2) is 185 Å². The largest absolute Gasteiger partial charge is 0.456 e. The Hall–Kier alpha value is -6.49. The maximum absolute atomic E-state index is 6.40. The van der Waals surface area contributed by atoms with Gasteiger partial charge in [-0.3, -0.25) is 5.32 Å². The van der Waals surface area contributed by atoms with Gasteiger partial charge in [-0.15, -0.1) is 0 Å². The van der Waals surface area contributed by atoms with Gasteiger partial charge in [-0.1, -0.05) is 158 Å². The fourth-order valence-electron chi connectivity index (χ4n) is 7.68. The third-order valence-electron chi connectivity index (χ3n) is 10.2. The molecule has 0 fully saturated rings. The summed E-state index contributed by atoms with van der Waals surface area (Å²) < 4.78 is 6.40. The summed E-state index contributed by atoms with van der Waals surface area (Å²) >= 11 is 0. The van der Waals surface area contributed by atoms with E-state index < -0.39 is 0 Å². The van der Waals surface area contributed by atoms with Crippen LogP contribution in [-0.2, 0) is 0 Å². The Morgan fingerprint density at radius 3 is 1.92 bits per heavy atom. The fraction of sp³-hybridized carbons (Fsp3) is 0.0426. The molecule has 1 aliphatic heterocycles. The summed E-state index contributed by atoms with van der Waals surface area (Å²) in [5, 5.41) is 14.7. The van der Waals surface area contributed by atoms with Gasteiger partial charge in [-0.2, -0.15) is 0 Å². The first-order valence-electron chi connectivity index (χ1n) is 17.4. The predicted octanol–water partition coefficient (Wildman–Crippen LogP) is 11.6. The number of hydrogen-bond acceptors (Lipinski definition) is 4. The smallest absolute Gasteiger partial charge is 0.136 e. The van der Waals surface area contributed by atoms with Gasteiger partial charge in [0.15, 0.2) is 0 Å². The van der Waals surface area contributed by atoms with Crippen molar-refractivity contribution in [2.45, 2.75) is 12.3 Å². The number of rotatable bonds is 5. The van der Waals surface area contributed by atoms with Crippen LogP contribution in [0.3, 0.4) is 0 Å². The van der Waals surface area contributed by atoms with E-state index >= 15 is 0 Å². The molecule has 2 atom stereocenters. The number of aliphatic imine (C=N–C) groups is 1. The van der Waals surface area contributed by atoms with Crippen LogP contribution >= 0.6 is 0 Å².